The fraction of sp³-hybridized carbons (Fsp3) is 0.579. The van der Waals surface area contributed by atoms with E-state index in [1.165, 1.54) is 11.8 Å². The number of nitrogens with two attached hydrogens (primary N) is 1. The van der Waals surface area contributed by atoms with E-state index in [4.69, 9.17) is 24.7 Å². The van der Waals surface area contributed by atoms with Crippen molar-refractivity contribution in [2.24, 2.45) is 5.73 Å². The Kier molecular flexibility index (Phi) is 6.54. The molecular weight excluding hydrogens is 352 g/mol. The molecular formula is C19H28N2O6. The van der Waals surface area contributed by atoms with Crippen molar-refractivity contribution in [2.45, 2.75) is 51.8 Å². The van der Waals surface area contributed by atoms with Gasteiger partial charge < -0.3 is 29.6 Å². The number of carbonyl (C=O) groups is 2. The van der Waals surface area contributed by atoms with E-state index in [-0.39, 0.29) is 19.4 Å². The lowest BCUT2D eigenvalue weighted by Crippen LogP contribution is -2.43. The zero-order valence-corrected chi connectivity index (χ0v) is 16.5. The highest BCUT2D eigenvalue weighted by molar-refractivity contribution is 5.75. The molecule has 1 amide bonds. The summed E-state index contributed by atoms with van der Waals surface area (Å²) in [7, 11) is 1.67. The fourth-order valence-electron chi connectivity index (χ4n) is 2.46. The van der Waals surface area contributed by atoms with Gasteiger partial charge in [-0.25, -0.2) is 4.79 Å². The molecule has 0 fully saturated rings. The highest BCUT2D eigenvalue weighted by Gasteiger charge is 2.28. The maximum absolute atomic E-state index is 12.3. The first-order valence-electron chi connectivity index (χ1n) is 8.85. The summed E-state index contributed by atoms with van der Waals surface area (Å²) in [6.45, 7) is 6.95. The summed E-state index contributed by atoms with van der Waals surface area (Å²) in [6, 6.07) is 4.88. The summed E-state index contributed by atoms with van der Waals surface area (Å²) < 4.78 is 21.2. The lowest BCUT2D eigenvalue weighted by Gasteiger charge is -2.29. The van der Waals surface area contributed by atoms with Gasteiger partial charge in [0, 0.05) is 13.1 Å². The summed E-state index contributed by atoms with van der Waals surface area (Å²) in [5.41, 5.74) is 5.56. The van der Waals surface area contributed by atoms with Crippen LogP contribution in [0.3, 0.4) is 0 Å². The molecule has 2 N–H and O–H groups in total. The zero-order chi connectivity index (χ0) is 20.2. The van der Waals surface area contributed by atoms with Gasteiger partial charge >= 0.3 is 12.1 Å². The Morgan fingerprint density at radius 3 is 2.59 bits per heavy atom. The van der Waals surface area contributed by atoms with Crippen LogP contribution in [-0.4, -0.2) is 55.1 Å². The molecule has 1 aliphatic rings. The number of carbonyl (C=O) groups excluding carboxylic acids is 2. The molecule has 1 aliphatic heterocycles. The van der Waals surface area contributed by atoms with Crippen LogP contribution in [0.2, 0.25) is 0 Å². The molecule has 1 aromatic rings. The van der Waals surface area contributed by atoms with Crippen molar-refractivity contribution >= 4 is 12.1 Å². The molecule has 27 heavy (non-hydrogen) atoms. The van der Waals surface area contributed by atoms with E-state index in [0.29, 0.717) is 12.2 Å². The molecule has 8 nitrogen and oxygen atoms in total. The van der Waals surface area contributed by atoms with Crippen LogP contribution < -0.4 is 15.2 Å². The van der Waals surface area contributed by atoms with Crippen molar-refractivity contribution in [3.63, 3.8) is 0 Å². The van der Waals surface area contributed by atoms with Crippen molar-refractivity contribution in [3.8, 4) is 11.5 Å². The number of esters is 1. The highest BCUT2D eigenvalue weighted by atomic mass is 16.7. The van der Waals surface area contributed by atoms with Crippen LogP contribution in [0.1, 0.15) is 33.3 Å². The largest absolute Gasteiger partial charge is 0.455 e. The minimum atomic E-state index is -0.957. The third-order valence-electron chi connectivity index (χ3n) is 4.21. The fourth-order valence-corrected chi connectivity index (χ4v) is 2.46. The smallest absolute Gasteiger partial charge is 0.409 e. The standard InChI is InChI=1S/C19H28N2O6/c1-12(8-14-6-7-15-16(9-14)26-11-25-15)21(5)18(23)24-10-19(3,4)27-17(22)13(2)20/h6-7,9,12-13H,8,10-11,20H2,1-5H3. The van der Waals surface area contributed by atoms with Gasteiger partial charge in [-0.15, -0.1) is 0 Å². The van der Waals surface area contributed by atoms with Gasteiger partial charge in [-0.3, -0.25) is 4.79 Å². The average molecular weight is 380 g/mol. The summed E-state index contributed by atoms with van der Waals surface area (Å²) in [6.07, 6.45) is 0.138. The molecule has 0 spiro atoms. The number of ether oxygens (including phenoxy) is 4. The number of benzene rings is 1. The van der Waals surface area contributed by atoms with Gasteiger partial charge in [-0.1, -0.05) is 6.07 Å². The minimum Gasteiger partial charge on any atom is -0.455 e. The predicted octanol–water partition coefficient (Wildman–Crippen LogP) is 2.08. The Morgan fingerprint density at radius 2 is 1.93 bits per heavy atom. The monoisotopic (exact) mass is 380 g/mol. The molecule has 1 aromatic carbocycles. The molecule has 0 bridgehead atoms. The number of rotatable bonds is 7. The first-order valence-corrected chi connectivity index (χ1v) is 8.85. The highest BCUT2D eigenvalue weighted by Crippen LogP contribution is 2.33. The Labute approximate surface area is 159 Å². The van der Waals surface area contributed by atoms with Gasteiger partial charge in [0.05, 0.1) is 0 Å². The number of nitrogens with zero attached hydrogens (tertiary/aromatic N) is 1. The summed E-state index contributed by atoms with van der Waals surface area (Å²) in [4.78, 5) is 25.4. The van der Waals surface area contributed by atoms with E-state index < -0.39 is 23.7 Å². The number of amides is 1. The zero-order valence-electron chi connectivity index (χ0n) is 16.5. The Morgan fingerprint density at radius 1 is 1.26 bits per heavy atom. The van der Waals surface area contributed by atoms with Crippen molar-refractivity contribution in [1.82, 2.24) is 4.90 Å². The molecule has 0 saturated carbocycles. The van der Waals surface area contributed by atoms with E-state index in [0.717, 1.165) is 11.3 Å². The normalized spacial score (nSPS) is 15.0. The molecule has 150 valence electrons. The SMILES string of the molecule is CC(N)C(=O)OC(C)(C)COC(=O)N(C)C(C)Cc1ccc2c(c1)OCO2. The van der Waals surface area contributed by atoms with Crippen molar-refractivity contribution in [2.75, 3.05) is 20.4 Å². The second-order valence-corrected chi connectivity index (χ2v) is 7.38. The first-order chi connectivity index (χ1) is 12.6. The van der Waals surface area contributed by atoms with Gasteiger partial charge in [-0.2, -0.15) is 0 Å². The number of hydrogen-bond acceptors (Lipinski definition) is 7. The van der Waals surface area contributed by atoms with Gasteiger partial charge in [0.25, 0.3) is 0 Å². The van der Waals surface area contributed by atoms with Crippen LogP contribution in [0.25, 0.3) is 0 Å². The summed E-state index contributed by atoms with van der Waals surface area (Å²) in [5.74, 6) is 0.894. The molecule has 8 heteroatoms. The van der Waals surface area contributed by atoms with Crippen molar-refractivity contribution < 1.29 is 28.5 Å². The van der Waals surface area contributed by atoms with E-state index in [2.05, 4.69) is 0 Å². The van der Waals surface area contributed by atoms with Crippen molar-refractivity contribution in [1.29, 1.82) is 0 Å². The summed E-state index contributed by atoms with van der Waals surface area (Å²) >= 11 is 0. The van der Waals surface area contributed by atoms with Gasteiger partial charge in [-0.05, 0) is 51.8 Å². The Hall–Kier alpha value is -2.48. The van der Waals surface area contributed by atoms with E-state index in [1.807, 2.05) is 25.1 Å². The molecule has 0 saturated heterocycles. The number of hydrogen-bond donors (Lipinski definition) is 1. The van der Waals surface area contributed by atoms with Crippen molar-refractivity contribution in [3.05, 3.63) is 23.8 Å². The van der Waals surface area contributed by atoms with Gasteiger partial charge in [0.15, 0.2) is 11.5 Å². The third-order valence-corrected chi connectivity index (χ3v) is 4.21. The lowest BCUT2D eigenvalue weighted by atomic mass is 10.1. The van der Waals surface area contributed by atoms with E-state index in [9.17, 15) is 9.59 Å². The maximum atomic E-state index is 12.3. The number of likely N-dealkylation sites (N-methyl/N-ethyl adjacent to an activating group) is 1. The second-order valence-electron chi connectivity index (χ2n) is 7.38. The topological polar surface area (TPSA) is 100 Å². The van der Waals surface area contributed by atoms with Crippen LogP contribution in [0.15, 0.2) is 18.2 Å². The lowest BCUT2D eigenvalue weighted by molar-refractivity contribution is -0.161. The first kappa shape index (κ1) is 20.8. The summed E-state index contributed by atoms with van der Waals surface area (Å²) in [5, 5.41) is 0. The Balaban J connectivity index is 1.85. The molecule has 2 rings (SSSR count). The second kappa shape index (κ2) is 8.47. The van der Waals surface area contributed by atoms with E-state index in [1.54, 1.807) is 20.9 Å². The number of fused-ring (bicyclic) bond motifs is 1. The van der Waals surface area contributed by atoms with Gasteiger partial charge in [0.2, 0.25) is 6.79 Å². The van der Waals surface area contributed by atoms with Crippen LogP contribution in [0, 0.1) is 0 Å². The van der Waals surface area contributed by atoms with Crippen LogP contribution in [-0.2, 0) is 20.7 Å². The predicted molar refractivity (Wildman–Crippen MR) is 98.7 cm³/mol. The molecule has 0 aliphatic carbocycles. The molecule has 1 heterocycles. The third kappa shape index (κ3) is 5.75. The van der Waals surface area contributed by atoms with E-state index >= 15 is 0 Å². The average Bonchev–Trinajstić information content (AvgIpc) is 3.06. The Bertz CT molecular complexity index is 689. The van der Waals surface area contributed by atoms with Gasteiger partial charge in [0.1, 0.15) is 18.2 Å². The quantitative estimate of drug-likeness (QED) is 0.723. The van der Waals surface area contributed by atoms with Crippen LogP contribution in [0.5, 0.6) is 11.5 Å². The van der Waals surface area contributed by atoms with Crippen LogP contribution >= 0.6 is 0 Å². The molecule has 0 aromatic heterocycles. The maximum Gasteiger partial charge on any atom is 0.409 e. The molecule has 2 unspecified atom stereocenters. The van der Waals surface area contributed by atoms with Crippen LogP contribution in [0.4, 0.5) is 4.79 Å². The minimum absolute atomic E-state index is 0.0641. The molecule has 2 atom stereocenters. The molecule has 0 radical (unpaired) electrons.